The van der Waals surface area contributed by atoms with Crippen molar-refractivity contribution in [3.05, 3.63) is 65.5 Å². The largest absolute Gasteiger partial charge is 0.306 e. The van der Waals surface area contributed by atoms with E-state index in [1.165, 1.54) is 24.0 Å². The Balaban J connectivity index is 1.66. The van der Waals surface area contributed by atoms with E-state index in [0.717, 1.165) is 42.8 Å². The highest BCUT2D eigenvalue weighted by atomic mass is 32.2. The second kappa shape index (κ2) is 8.94. The van der Waals surface area contributed by atoms with Crippen LogP contribution in [0.15, 0.2) is 52.5 Å². The molecule has 1 aliphatic heterocycles. The zero-order chi connectivity index (χ0) is 23.8. The van der Waals surface area contributed by atoms with Gasteiger partial charge >= 0.3 is 0 Å². The van der Waals surface area contributed by atoms with E-state index in [9.17, 15) is 14.9 Å². The summed E-state index contributed by atoms with van der Waals surface area (Å²) in [6.45, 7) is 3.96. The Morgan fingerprint density at radius 3 is 2.59 bits per heavy atom. The summed E-state index contributed by atoms with van der Waals surface area (Å²) in [6, 6.07) is 13.1. The zero-order valence-electron chi connectivity index (χ0n) is 18.9. The molecule has 0 amide bonds. The van der Waals surface area contributed by atoms with Crippen LogP contribution >= 0.6 is 11.8 Å². The molecule has 1 aromatic carbocycles. The fourth-order valence-corrected chi connectivity index (χ4v) is 5.60. The van der Waals surface area contributed by atoms with E-state index < -0.39 is 0 Å². The number of piperidine rings is 1. The normalized spacial score (nSPS) is 14.9. The molecular weight excluding hydrogens is 449 g/mol. The van der Waals surface area contributed by atoms with Crippen LogP contribution in [0.5, 0.6) is 0 Å². The van der Waals surface area contributed by atoms with Crippen molar-refractivity contribution in [3.8, 4) is 23.3 Å². The standard InChI is InChI=1S/C25H22FN7S/c1-16-24(21(13-28)30-33(16)19-7-9-31(2)10-8-19)17-11-23(34-22-6-4-3-5-20(22)26)25-18(12-27)14-29-32(25)15-17/h3-6,11,14-15,19H,7-10H2,1-2H3. The molecule has 0 N–H and O–H groups in total. The maximum absolute atomic E-state index is 14.5. The molecule has 4 aromatic rings. The average molecular weight is 472 g/mol. The van der Waals surface area contributed by atoms with Gasteiger partial charge in [0, 0.05) is 32.8 Å². The van der Waals surface area contributed by atoms with Gasteiger partial charge in [-0.2, -0.15) is 20.7 Å². The van der Waals surface area contributed by atoms with Crippen LogP contribution in [0.3, 0.4) is 0 Å². The van der Waals surface area contributed by atoms with Crippen LogP contribution in [-0.2, 0) is 0 Å². The van der Waals surface area contributed by atoms with Gasteiger partial charge < -0.3 is 4.90 Å². The van der Waals surface area contributed by atoms with Crippen LogP contribution in [0.4, 0.5) is 4.39 Å². The lowest BCUT2D eigenvalue weighted by molar-refractivity contribution is 0.210. The second-order valence-corrected chi connectivity index (χ2v) is 9.57. The van der Waals surface area contributed by atoms with Crippen molar-refractivity contribution >= 4 is 17.3 Å². The van der Waals surface area contributed by atoms with Crippen LogP contribution < -0.4 is 0 Å². The highest BCUT2D eigenvalue weighted by molar-refractivity contribution is 7.99. The fourth-order valence-electron chi connectivity index (χ4n) is 4.56. The molecule has 170 valence electrons. The van der Waals surface area contributed by atoms with Gasteiger partial charge in [0.15, 0.2) is 5.69 Å². The van der Waals surface area contributed by atoms with Crippen molar-refractivity contribution in [2.75, 3.05) is 20.1 Å². The van der Waals surface area contributed by atoms with Crippen LogP contribution in [0.1, 0.15) is 35.8 Å². The number of benzene rings is 1. The first kappa shape index (κ1) is 22.1. The number of fused-ring (bicyclic) bond motifs is 1. The number of aromatic nitrogens is 4. The summed E-state index contributed by atoms with van der Waals surface area (Å²) in [6.07, 6.45) is 5.26. The highest BCUT2D eigenvalue weighted by Gasteiger charge is 2.26. The van der Waals surface area contributed by atoms with Crippen LogP contribution in [0.25, 0.3) is 16.6 Å². The van der Waals surface area contributed by atoms with Crippen molar-refractivity contribution < 1.29 is 4.39 Å². The number of halogens is 1. The summed E-state index contributed by atoms with van der Waals surface area (Å²) in [5.74, 6) is -0.335. The Bertz CT molecular complexity index is 1470. The maximum Gasteiger partial charge on any atom is 0.170 e. The minimum absolute atomic E-state index is 0.239. The first-order chi connectivity index (χ1) is 16.5. The lowest BCUT2D eigenvalue weighted by Gasteiger charge is -2.29. The summed E-state index contributed by atoms with van der Waals surface area (Å²) >= 11 is 1.24. The lowest BCUT2D eigenvalue weighted by Crippen LogP contribution is -2.32. The molecule has 0 atom stereocenters. The van der Waals surface area contributed by atoms with Gasteiger partial charge in [0.2, 0.25) is 0 Å². The topological polar surface area (TPSA) is 85.9 Å². The third-order valence-electron chi connectivity index (χ3n) is 6.33. The molecule has 0 unspecified atom stereocenters. The van der Waals surface area contributed by atoms with Crippen molar-refractivity contribution in [1.82, 2.24) is 24.3 Å². The van der Waals surface area contributed by atoms with Gasteiger partial charge in [0.1, 0.15) is 18.0 Å². The second-order valence-electron chi connectivity index (χ2n) is 8.49. The molecule has 1 fully saturated rings. The number of nitrogens with zero attached hydrogens (tertiary/aromatic N) is 7. The van der Waals surface area contributed by atoms with E-state index in [1.807, 2.05) is 23.9 Å². The predicted octanol–water partition coefficient (Wildman–Crippen LogP) is 4.81. The van der Waals surface area contributed by atoms with Gasteiger partial charge in [-0.1, -0.05) is 23.9 Å². The Morgan fingerprint density at radius 1 is 1.12 bits per heavy atom. The van der Waals surface area contributed by atoms with Crippen LogP contribution in [-0.4, -0.2) is 44.4 Å². The molecule has 34 heavy (non-hydrogen) atoms. The molecule has 4 heterocycles. The summed E-state index contributed by atoms with van der Waals surface area (Å²) in [5, 5.41) is 28.5. The van der Waals surface area contributed by atoms with Gasteiger partial charge in [-0.25, -0.2) is 8.91 Å². The van der Waals surface area contributed by atoms with Crippen LogP contribution in [0, 0.1) is 35.4 Å². The zero-order valence-corrected chi connectivity index (χ0v) is 19.7. The minimum atomic E-state index is -0.335. The summed E-state index contributed by atoms with van der Waals surface area (Å²) in [5.41, 5.74) is 3.79. The number of nitriles is 2. The van der Waals surface area contributed by atoms with E-state index in [4.69, 9.17) is 0 Å². The predicted molar refractivity (Wildman–Crippen MR) is 127 cm³/mol. The molecule has 0 bridgehead atoms. The van der Waals surface area contributed by atoms with Crippen molar-refractivity contribution in [1.29, 1.82) is 10.5 Å². The number of rotatable bonds is 4. The van der Waals surface area contributed by atoms with E-state index in [1.54, 1.807) is 22.7 Å². The SMILES string of the molecule is Cc1c(-c2cc(Sc3ccccc3F)c3c(C#N)cnn3c2)c(C#N)nn1C1CCN(C)CC1. The van der Waals surface area contributed by atoms with E-state index in [0.29, 0.717) is 26.6 Å². The molecule has 0 saturated carbocycles. The molecule has 3 aromatic heterocycles. The summed E-state index contributed by atoms with van der Waals surface area (Å²) < 4.78 is 18.1. The maximum atomic E-state index is 14.5. The van der Waals surface area contributed by atoms with E-state index in [2.05, 4.69) is 34.3 Å². The summed E-state index contributed by atoms with van der Waals surface area (Å²) in [7, 11) is 2.11. The van der Waals surface area contributed by atoms with Crippen molar-refractivity contribution in [2.45, 2.75) is 35.6 Å². The first-order valence-electron chi connectivity index (χ1n) is 11.0. The molecule has 0 aliphatic carbocycles. The Kier molecular flexibility index (Phi) is 5.82. The van der Waals surface area contributed by atoms with E-state index >= 15 is 0 Å². The van der Waals surface area contributed by atoms with E-state index in [-0.39, 0.29) is 11.9 Å². The monoisotopic (exact) mass is 471 g/mol. The fraction of sp³-hybridized carbons (Fsp3) is 0.280. The molecule has 0 radical (unpaired) electrons. The molecule has 0 spiro atoms. The van der Waals surface area contributed by atoms with Gasteiger partial charge in [-0.15, -0.1) is 0 Å². The summed E-state index contributed by atoms with van der Waals surface area (Å²) in [4.78, 5) is 3.43. The molecular formula is C25H22FN7S. The number of hydrogen-bond acceptors (Lipinski definition) is 6. The van der Waals surface area contributed by atoms with Gasteiger partial charge in [-0.3, -0.25) is 4.68 Å². The number of likely N-dealkylation sites (tertiary alicyclic amines) is 1. The highest BCUT2D eigenvalue weighted by Crippen LogP contribution is 2.39. The molecule has 7 nitrogen and oxygen atoms in total. The third-order valence-corrected chi connectivity index (χ3v) is 7.41. The van der Waals surface area contributed by atoms with Crippen molar-refractivity contribution in [3.63, 3.8) is 0 Å². The quantitative estimate of drug-likeness (QED) is 0.425. The molecule has 1 saturated heterocycles. The number of hydrogen-bond donors (Lipinski definition) is 0. The molecule has 1 aliphatic rings. The van der Waals surface area contributed by atoms with Gasteiger partial charge in [0.25, 0.3) is 0 Å². The lowest BCUT2D eigenvalue weighted by atomic mass is 10.0. The molecule has 5 rings (SSSR count). The number of pyridine rings is 1. The van der Waals surface area contributed by atoms with Crippen LogP contribution in [0.2, 0.25) is 0 Å². The minimum Gasteiger partial charge on any atom is -0.306 e. The Labute approximate surface area is 201 Å². The van der Waals surface area contributed by atoms with Gasteiger partial charge in [-0.05, 0) is 58.1 Å². The van der Waals surface area contributed by atoms with Crippen molar-refractivity contribution in [2.24, 2.45) is 0 Å². The average Bonchev–Trinajstić information content (AvgIpc) is 3.41. The Morgan fingerprint density at radius 2 is 1.88 bits per heavy atom. The smallest absolute Gasteiger partial charge is 0.170 e. The molecule has 9 heteroatoms. The Hall–Kier alpha value is -3.66. The first-order valence-corrected chi connectivity index (χ1v) is 11.8. The third kappa shape index (κ3) is 3.83. The van der Waals surface area contributed by atoms with Gasteiger partial charge in [0.05, 0.1) is 23.3 Å².